The van der Waals surface area contributed by atoms with Gasteiger partial charge in [0.05, 0.1) is 24.1 Å². The highest BCUT2D eigenvalue weighted by molar-refractivity contribution is 7.99. The number of nitrogens with one attached hydrogen (secondary N) is 1. The number of rotatable bonds is 7. The average molecular weight is 398 g/mol. The minimum Gasteiger partial charge on any atom is -0.495 e. The van der Waals surface area contributed by atoms with Gasteiger partial charge in [0.2, 0.25) is 5.91 Å². The molecule has 0 aliphatic heterocycles. The molecule has 6 nitrogen and oxygen atoms in total. The van der Waals surface area contributed by atoms with Gasteiger partial charge in [0.15, 0.2) is 11.0 Å². The van der Waals surface area contributed by atoms with Gasteiger partial charge in [-0.2, -0.15) is 0 Å². The second-order valence-corrected chi connectivity index (χ2v) is 7.37. The molecular formula is C20H19FN4O2S. The summed E-state index contributed by atoms with van der Waals surface area (Å²) < 4.78 is 21.4. The Labute approximate surface area is 166 Å². The standard InChI is InChI=1S/C20H19FN4O2S/c1-27-17-9-5-4-8-16(17)22-18(26)12-28-20-24-23-19(25(20)13-10-11-13)14-6-2-3-7-15(14)21/h2-9,13H,10-12H2,1H3,(H,22,26). The molecule has 1 fully saturated rings. The highest BCUT2D eigenvalue weighted by Gasteiger charge is 2.31. The number of nitrogens with zero attached hydrogens (tertiary/aromatic N) is 3. The third-order valence-corrected chi connectivity index (χ3v) is 5.35. The SMILES string of the molecule is COc1ccccc1NC(=O)CSc1nnc(-c2ccccc2F)n1C1CC1. The number of ether oxygens (including phenoxy) is 1. The Bertz CT molecular complexity index is 1000. The summed E-state index contributed by atoms with van der Waals surface area (Å²) in [6, 6.07) is 14.0. The predicted octanol–water partition coefficient (Wildman–Crippen LogP) is 4.16. The Morgan fingerprint density at radius 3 is 2.71 bits per heavy atom. The van der Waals surface area contributed by atoms with Gasteiger partial charge in [-0.05, 0) is 37.1 Å². The number of carbonyl (C=O) groups is 1. The second kappa shape index (κ2) is 8.02. The lowest BCUT2D eigenvalue weighted by atomic mass is 10.2. The van der Waals surface area contributed by atoms with Crippen molar-refractivity contribution in [1.29, 1.82) is 0 Å². The fraction of sp³-hybridized carbons (Fsp3) is 0.250. The molecule has 1 aliphatic carbocycles. The van der Waals surface area contributed by atoms with Gasteiger partial charge >= 0.3 is 0 Å². The first-order valence-electron chi connectivity index (χ1n) is 8.93. The molecule has 1 saturated carbocycles. The zero-order chi connectivity index (χ0) is 19.5. The van der Waals surface area contributed by atoms with Crippen LogP contribution in [0, 0.1) is 5.82 Å². The molecule has 1 N–H and O–H groups in total. The molecule has 3 aromatic rings. The second-order valence-electron chi connectivity index (χ2n) is 6.42. The van der Waals surface area contributed by atoms with Gasteiger partial charge in [0, 0.05) is 6.04 Å². The number of hydrogen-bond donors (Lipinski definition) is 1. The molecule has 2 aromatic carbocycles. The first-order chi connectivity index (χ1) is 13.7. The van der Waals surface area contributed by atoms with E-state index < -0.39 is 0 Å². The van der Waals surface area contributed by atoms with E-state index in [1.807, 2.05) is 16.7 Å². The fourth-order valence-corrected chi connectivity index (χ4v) is 3.73. The topological polar surface area (TPSA) is 69.0 Å². The first kappa shape index (κ1) is 18.5. The third kappa shape index (κ3) is 3.87. The van der Waals surface area contributed by atoms with Crippen LogP contribution in [0.3, 0.4) is 0 Å². The minimum absolute atomic E-state index is 0.167. The van der Waals surface area contributed by atoms with Crippen molar-refractivity contribution in [1.82, 2.24) is 14.8 Å². The largest absolute Gasteiger partial charge is 0.495 e. The van der Waals surface area contributed by atoms with Crippen molar-refractivity contribution in [2.24, 2.45) is 0 Å². The summed E-state index contributed by atoms with van der Waals surface area (Å²) in [4.78, 5) is 12.4. The van der Waals surface area contributed by atoms with Crippen molar-refractivity contribution in [3.63, 3.8) is 0 Å². The number of para-hydroxylation sites is 2. The number of anilines is 1. The van der Waals surface area contributed by atoms with Crippen molar-refractivity contribution >= 4 is 23.4 Å². The first-order valence-corrected chi connectivity index (χ1v) is 9.91. The van der Waals surface area contributed by atoms with E-state index in [4.69, 9.17) is 4.74 Å². The van der Waals surface area contributed by atoms with Crippen molar-refractivity contribution in [2.45, 2.75) is 24.0 Å². The van der Waals surface area contributed by atoms with Crippen LogP contribution in [0.1, 0.15) is 18.9 Å². The molecule has 0 radical (unpaired) electrons. The number of carbonyl (C=O) groups excluding carboxylic acids is 1. The highest BCUT2D eigenvalue weighted by atomic mass is 32.2. The molecule has 0 spiro atoms. The van der Waals surface area contributed by atoms with Gasteiger partial charge in [-0.25, -0.2) is 4.39 Å². The van der Waals surface area contributed by atoms with E-state index in [9.17, 15) is 9.18 Å². The predicted molar refractivity (Wildman–Crippen MR) is 106 cm³/mol. The Balaban J connectivity index is 1.50. The molecule has 0 saturated heterocycles. The summed E-state index contributed by atoms with van der Waals surface area (Å²) in [5.74, 6) is 0.770. The lowest BCUT2D eigenvalue weighted by Gasteiger charge is -2.11. The zero-order valence-corrected chi connectivity index (χ0v) is 16.1. The molecule has 1 aromatic heterocycles. The molecule has 144 valence electrons. The number of aromatic nitrogens is 3. The molecule has 1 heterocycles. The monoisotopic (exact) mass is 398 g/mol. The summed E-state index contributed by atoms with van der Waals surface area (Å²) in [6.45, 7) is 0. The van der Waals surface area contributed by atoms with E-state index in [0.717, 1.165) is 12.8 Å². The molecule has 0 bridgehead atoms. The van der Waals surface area contributed by atoms with Gasteiger partial charge in [-0.3, -0.25) is 9.36 Å². The molecule has 0 atom stereocenters. The molecule has 1 aliphatic rings. The van der Waals surface area contributed by atoms with Gasteiger partial charge in [0.1, 0.15) is 11.6 Å². The molecule has 8 heteroatoms. The van der Waals surface area contributed by atoms with Gasteiger partial charge < -0.3 is 10.1 Å². The fourth-order valence-electron chi connectivity index (χ4n) is 2.93. The lowest BCUT2D eigenvalue weighted by Crippen LogP contribution is -2.15. The van der Waals surface area contributed by atoms with Gasteiger partial charge in [-0.1, -0.05) is 36.0 Å². The van der Waals surface area contributed by atoms with E-state index in [2.05, 4.69) is 15.5 Å². The van der Waals surface area contributed by atoms with E-state index in [-0.39, 0.29) is 23.5 Å². The van der Waals surface area contributed by atoms with Crippen LogP contribution < -0.4 is 10.1 Å². The van der Waals surface area contributed by atoms with Crippen molar-refractivity contribution in [3.8, 4) is 17.1 Å². The van der Waals surface area contributed by atoms with Gasteiger partial charge in [-0.15, -0.1) is 10.2 Å². The number of thioether (sulfide) groups is 1. The lowest BCUT2D eigenvalue weighted by molar-refractivity contribution is -0.113. The number of methoxy groups -OCH3 is 1. The van der Waals surface area contributed by atoms with Crippen LogP contribution in [0.4, 0.5) is 10.1 Å². The van der Waals surface area contributed by atoms with E-state index in [1.54, 1.807) is 37.4 Å². The minimum atomic E-state index is -0.331. The Morgan fingerprint density at radius 2 is 1.96 bits per heavy atom. The average Bonchev–Trinajstić information content (AvgIpc) is 3.46. The molecule has 4 rings (SSSR count). The maximum absolute atomic E-state index is 14.2. The molecule has 1 amide bonds. The summed E-state index contributed by atoms with van der Waals surface area (Å²) in [5.41, 5.74) is 1.04. The van der Waals surface area contributed by atoms with Crippen LogP contribution >= 0.6 is 11.8 Å². The summed E-state index contributed by atoms with van der Waals surface area (Å²) >= 11 is 1.29. The Hall–Kier alpha value is -2.87. The zero-order valence-electron chi connectivity index (χ0n) is 15.3. The maximum atomic E-state index is 14.2. The van der Waals surface area contributed by atoms with Crippen LogP contribution in [0.15, 0.2) is 53.7 Å². The van der Waals surface area contributed by atoms with Crippen LogP contribution in [0.25, 0.3) is 11.4 Å². The third-order valence-electron chi connectivity index (χ3n) is 4.40. The van der Waals surface area contributed by atoms with E-state index in [0.29, 0.717) is 28.0 Å². The van der Waals surface area contributed by atoms with Crippen LogP contribution in [0.2, 0.25) is 0 Å². The Kier molecular flexibility index (Phi) is 5.29. The quantitative estimate of drug-likeness (QED) is 0.605. The van der Waals surface area contributed by atoms with Crippen molar-refractivity contribution in [2.75, 3.05) is 18.2 Å². The number of benzene rings is 2. The van der Waals surface area contributed by atoms with E-state index in [1.165, 1.54) is 17.8 Å². The van der Waals surface area contributed by atoms with Crippen LogP contribution in [0.5, 0.6) is 5.75 Å². The van der Waals surface area contributed by atoms with Gasteiger partial charge in [0.25, 0.3) is 0 Å². The molecule has 0 unspecified atom stereocenters. The summed E-state index contributed by atoms with van der Waals surface area (Å²) in [6.07, 6.45) is 2.00. The summed E-state index contributed by atoms with van der Waals surface area (Å²) in [7, 11) is 1.56. The van der Waals surface area contributed by atoms with Crippen LogP contribution in [-0.4, -0.2) is 33.5 Å². The van der Waals surface area contributed by atoms with E-state index >= 15 is 0 Å². The highest BCUT2D eigenvalue weighted by Crippen LogP contribution is 2.41. The number of hydrogen-bond acceptors (Lipinski definition) is 5. The Morgan fingerprint density at radius 1 is 1.21 bits per heavy atom. The number of amides is 1. The molecular weight excluding hydrogens is 379 g/mol. The summed E-state index contributed by atoms with van der Waals surface area (Å²) in [5, 5.41) is 11.9. The number of halogens is 1. The molecule has 28 heavy (non-hydrogen) atoms. The van der Waals surface area contributed by atoms with Crippen LogP contribution in [-0.2, 0) is 4.79 Å². The van der Waals surface area contributed by atoms with Crippen molar-refractivity contribution < 1.29 is 13.9 Å². The maximum Gasteiger partial charge on any atom is 0.234 e. The normalized spacial score (nSPS) is 13.4. The smallest absolute Gasteiger partial charge is 0.234 e. The van der Waals surface area contributed by atoms with Crippen molar-refractivity contribution in [3.05, 3.63) is 54.3 Å².